The largest absolute Gasteiger partial charge is 0.480 e. The van der Waals surface area contributed by atoms with Gasteiger partial charge in [-0.15, -0.1) is 0 Å². The minimum absolute atomic E-state index is 0.143. The van der Waals surface area contributed by atoms with Crippen LogP contribution in [0.4, 0.5) is 8.78 Å². The maximum absolute atomic E-state index is 13.3. The molecule has 0 saturated heterocycles. The Labute approximate surface area is 105 Å². The van der Waals surface area contributed by atoms with Crippen molar-refractivity contribution in [2.45, 2.75) is 13.0 Å². The van der Waals surface area contributed by atoms with Gasteiger partial charge < -0.3 is 9.64 Å². The first-order chi connectivity index (χ1) is 8.40. The Balaban J connectivity index is 2.69. The molecule has 0 amide bonds. The zero-order valence-electron chi connectivity index (χ0n) is 10.5. The summed E-state index contributed by atoms with van der Waals surface area (Å²) in [5.41, 5.74) is 0. The molecule has 1 aromatic carbocycles. The molecule has 0 aliphatic heterocycles. The van der Waals surface area contributed by atoms with Crippen LogP contribution in [0.25, 0.3) is 0 Å². The van der Waals surface area contributed by atoms with Gasteiger partial charge >= 0.3 is 0 Å². The Bertz CT molecular complexity index is 458. The lowest BCUT2D eigenvalue weighted by Crippen LogP contribution is -2.22. The van der Waals surface area contributed by atoms with Gasteiger partial charge in [-0.2, -0.15) is 0 Å². The van der Waals surface area contributed by atoms with Crippen molar-refractivity contribution in [3.63, 3.8) is 0 Å². The molecule has 3 nitrogen and oxygen atoms in total. The van der Waals surface area contributed by atoms with Crippen LogP contribution in [-0.4, -0.2) is 30.9 Å². The number of hydrogen-bond acceptors (Lipinski definition) is 3. The number of ketones is 1. The van der Waals surface area contributed by atoms with E-state index in [1.807, 2.05) is 0 Å². The Hall–Kier alpha value is -1.91. The number of carbonyl (C=O) groups is 1. The Kier molecular flexibility index (Phi) is 4.83. The maximum Gasteiger partial charge on any atom is 0.197 e. The molecule has 0 aliphatic rings. The first-order valence-corrected chi connectivity index (χ1v) is 5.40. The van der Waals surface area contributed by atoms with Crippen molar-refractivity contribution < 1.29 is 18.3 Å². The molecule has 5 heteroatoms. The average Bonchev–Trinajstić information content (AvgIpc) is 2.29. The topological polar surface area (TPSA) is 29.5 Å². The molecule has 0 heterocycles. The highest BCUT2D eigenvalue weighted by molar-refractivity contribution is 5.93. The van der Waals surface area contributed by atoms with Gasteiger partial charge in [-0.05, 0) is 19.1 Å². The molecule has 0 aliphatic carbocycles. The number of ether oxygens (including phenoxy) is 1. The molecule has 0 spiro atoms. The van der Waals surface area contributed by atoms with E-state index >= 15 is 0 Å². The van der Waals surface area contributed by atoms with Crippen LogP contribution in [-0.2, 0) is 4.79 Å². The van der Waals surface area contributed by atoms with Crippen molar-refractivity contribution >= 4 is 5.78 Å². The van der Waals surface area contributed by atoms with E-state index in [1.165, 1.54) is 13.0 Å². The van der Waals surface area contributed by atoms with Crippen LogP contribution < -0.4 is 4.74 Å². The van der Waals surface area contributed by atoms with E-state index < -0.39 is 17.7 Å². The van der Waals surface area contributed by atoms with E-state index in [4.69, 9.17) is 4.74 Å². The first-order valence-electron chi connectivity index (χ1n) is 5.40. The third-order valence-electron chi connectivity index (χ3n) is 2.14. The summed E-state index contributed by atoms with van der Waals surface area (Å²) in [4.78, 5) is 13.3. The van der Waals surface area contributed by atoms with Crippen LogP contribution in [0.15, 0.2) is 30.5 Å². The van der Waals surface area contributed by atoms with Gasteiger partial charge in [-0.3, -0.25) is 4.79 Å². The molecule has 98 valence electrons. The highest BCUT2D eigenvalue weighted by atomic mass is 19.1. The summed E-state index contributed by atoms with van der Waals surface area (Å²) < 4.78 is 31.1. The number of hydrogen-bond donors (Lipinski definition) is 0. The number of rotatable bonds is 5. The van der Waals surface area contributed by atoms with Gasteiger partial charge in [0.1, 0.15) is 5.82 Å². The van der Waals surface area contributed by atoms with Crippen LogP contribution in [0.3, 0.4) is 0 Å². The van der Waals surface area contributed by atoms with Crippen molar-refractivity contribution in [2.24, 2.45) is 0 Å². The lowest BCUT2D eigenvalue weighted by molar-refractivity contribution is -0.120. The smallest absolute Gasteiger partial charge is 0.197 e. The number of carbonyl (C=O) groups excluding carboxylic acids is 1. The van der Waals surface area contributed by atoms with E-state index in [-0.39, 0.29) is 11.5 Å². The number of nitrogens with zero attached hydrogens (tertiary/aromatic N) is 1. The normalized spacial score (nSPS) is 12.5. The van der Waals surface area contributed by atoms with Gasteiger partial charge in [0.2, 0.25) is 0 Å². The average molecular weight is 255 g/mol. The summed E-state index contributed by atoms with van der Waals surface area (Å²) >= 11 is 0. The minimum Gasteiger partial charge on any atom is -0.480 e. The standard InChI is InChI=1S/C13H15F2NO2/c1-9(12(17)6-7-16(2)3)18-13-5-4-10(14)8-11(13)15/h4-9H,1-3H3/b7-6-. The molecule has 1 aromatic rings. The lowest BCUT2D eigenvalue weighted by Gasteiger charge is -2.13. The third-order valence-corrected chi connectivity index (χ3v) is 2.14. The van der Waals surface area contributed by atoms with Crippen molar-refractivity contribution in [3.05, 3.63) is 42.1 Å². The summed E-state index contributed by atoms with van der Waals surface area (Å²) in [6, 6.07) is 2.94. The van der Waals surface area contributed by atoms with Gasteiger partial charge in [0.15, 0.2) is 23.5 Å². The van der Waals surface area contributed by atoms with Gasteiger partial charge in [-0.1, -0.05) is 0 Å². The molecule has 0 bridgehead atoms. The molecule has 1 unspecified atom stereocenters. The van der Waals surface area contributed by atoms with Gasteiger partial charge in [0.05, 0.1) is 0 Å². The third kappa shape index (κ3) is 4.16. The second kappa shape index (κ2) is 6.14. The van der Waals surface area contributed by atoms with Gasteiger partial charge in [-0.25, -0.2) is 8.78 Å². The summed E-state index contributed by atoms with van der Waals surface area (Å²) in [7, 11) is 3.55. The van der Waals surface area contributed by atoms with Crippen LogP contribution in [0.5, 0.6) is 5.75 Å². The summed E-state index contributed by atoms with van der Waals surface area (Å²) in [5.74, 6) is -1.96. The van der Waals surface area contributed by atoms with E-state index in [1.54, 1.807) is 25.2 Å². The van der Waals surface area contributed by atoms with E-state index in [9.17, 15) is 13.6 Å². The monoisotopic (exact) mass is 255 g/mol. The molecular weight excluding hydrogens is 240 g/mol. The van der Waals surface area contributed by atoms with Crippen LogP contribution >= 0.6 is 0 Å². The van der Waals surface area contributed by atoms with Crippen molar-refractivity contribution in [2.75, 3.05) is 14.1 Å². The molecule has 0 radical (unpaired) electrons. The van der Waals surface area contributed by atoms with E-state index in [0.717, 1.165) is 12.1 Å². The van der Waals surface area contributed by atoms with Crippen molar-refractivity contribution in [1.82, 2.24) is 4.90 Å². The fourth-order valence-electron chi connectivity index (χ4n) is 1.18. The molecular formula is C13H15F2NO2. The highest BCUT2D eigenvalue weighted by Crippen LogP contribution is 2.19. The SMILES string of the molecule is CC(Oc1ccc(F)cc1F)C(=O)/C=C\N(C)C. The second-order valence-corrected chi connectivity index (χ2v) is 4.02. The fraction of sp³-hybridized carbons (Fsp3) is 0.308. The second-order valence-electron chi connectivity index (χ2n) is 4.02. The Morgan fingerprint density at radius 1 is 1.39 bits per heavy atom. The van der Waals surface area contributed by atoms with E-state index in [2.05, 4.69) is 0 Å². The number of benzene rings is 1. The minimum atomic E-state index is -0.832. The predicted octanol–water partition coefficient (Wildman–Crippen LogP) is 2.38. The molecule has 1 atom stereocenters. The summed E-state index contributed by atoms with van der Waals surface area (Å²) in [6.07, 6.45) is 2.08. The fourth-order valence-corrected chi connectivity index (χ4v) is 1.18. The first kappa shape index (κ1) is 14.2. The van der Waals surface area contributed by atoms with Crippen LogP contribution in [0.2, 0.25) is 0 Å². The van der Waals surface area contributed by atoms with Gasteiger partial charge in [0, 0.05) is 32.4 Å². The Morgan fingerprint density at radius 3 is 2.61 bits per heavy atom. The van der Waals surface area contributed by atoms with Crippen LogP contribution in [0, 0.1) is 11.6 Å². The molecule has 0 aromatic heterocycles. The lowest BCUT2D eigenvalue weighted by atomic mass is 10.2. The summed E-state index contributed by atoms with van der Waals surface area (Å²) in [6.45, 7) is 1.51. The molecule has 1 rings (SSSR count). The van der Waals surface area contributed by atoms with Crippen LogP contribution in [0.1, 0.15) is 6.92 Å². The maximum atomic E-state index is 13.3. The quantitative estimate of drug-likeness (QED) is 0.756. The summed E-state index contributed by atoms with van der Waals surface area (Å²) in [5, 5.41) is 0. The van der Waals surface area contributed by atoms with Crippen molar-refractivity contribution in [1.29, 1.82) is 0 Å². The highest BCUT2D eigenvalue weighted by Gasteiger charge is 2.14. The number of halogens is 2. The molecule has 0 saturated carbocycles. The van der Waals surface area contributed by atoms with Crippen molar-refractivity contribution in [3.8, 4) is 5.75 Å². The van der Waals surface area contributed by atoms with E-state index in [0.29, 0.717) is 6.07 Å². The molecule has 0 fully saturated rings. The zero-order chi connectivity index (χ0) is 13.7. The van der Waals surface area contributed by atoms with Gasteiger partial charge in [0.25, 0.3) is 0 Å². The Morgan fingerprint density at radius 2 is 2.06 bits per heavy atom. The zero-order valence-corrected chi connectivity index (χ0v) is 10.5. The predicted molar refractivity (Wildman–Crippen MR) is 64.3 cm³/mol. The molecule has 18 heavy (non-hydrogen) atoms. The molecule has 0 N–H and O–H groups in total.